The van der Waals surface area contributed by atoms with E-state index in [0.717, 1.165) is 0 Å². The van der Waals surface area contributed by atoms with Gasteiger partial charge in [0.2, 0.25) is 0 Å². The predicted octanol–water partition coefficient (Wildman–Crippen LogP) is 1.36. The minimum Gasteiger partial charge on any atom is -0.341 e. The first-order chi connectivity index (χ1) is 6.16. The molecule has 0 radical (unpaired) electrons. The van der Waals surface area contributed by atoms with Gasteiger partial charge in [0.15, 0.2) is 0 Å². The molecule has 1 heterocycles. The number of aromatic nitrogens is 1. The van der Waals surface area contributed by atoms with Crippen LogP contribution in [-0.2, 0) is 4.84 Å². The molecule has 0 aliphatic rings. The Kier molecular flexibility index (Phi) is 3.08. The van der Waals surface area contributed by atoms with Crippen LogP contribution in [0.3, 0.4) is 0 Å². The molecule has 1 rings (SSSR count). The second kappa shape index (κ2) is 4.09. The van der Waals surface area contributed by atoms with Crippen LogP contribution in [0.2, 0.25) is 0 Å². The van der Waals surface area contributed by atoms with Crippen LogP contribution < -0.4 is 5.48 Å². The number of carbonyl (C=O) groups excluding carboxylic acids is 1. The average Bonchev–Trinajstić information content (AvgIpc) is 2.52. The summed E-state index contributed by atoms with van der Waals surface area (Å²) in [7, 11) is 1.42. The highest BCUT2D eigenvalue weighted by Crippen LogP contribution is 2.10. The Labute approximate surface area is 77.5 Å². The zero-order valence-corrected chi connectivity index (χ0v) is 8.07. The highest BCUT2D eigenvalue weighted by atomic mass is 16.6. The topological polar surface area (TPSA) is 43.3 Å². The van der Waals surface area contributed by atoms with E-state index >= 15 is 0 Å². The Morgan fingerprint density at radius 1 is 1.62 bits per heavy atom. The Morgan fingerprint density at radius 2 is 2.31 bits per heavy atom. The van der Waals surface area contributed by atoms with Crippen molar-refractivity contribution in [2.75, 3.05) is 7.11 Å². The Balaban J connectivity index is 2.87. The molecule has 0 aliphatic carbocycles. The molecular weight excluding hydrogens is 168 g/mol. The molecule has 0 saturated heterocycles. The van der Waals surface area contributed by atoms with Crippen molar-refractivity contribution in [1.29, 1.82) is 0 Å². The molecule has 0 fully saturated rings. The summed E-state index contributed by atoms with van der Waals surface area (Å²) >= 11 is 0. The number of carbonyl (C=O) groups is 1. The molecule has 0 atom stereocenters. The van der Waals surface area contributed by atoms with E-state index in [4.69, 9.17) is 0 Å². The van der Waals surface area contributed by atoms with E-state index in [1.54, 1.807) is 6.07 Å². The number of nitrogens with one attached hydrogen (secondary N) is 1. The van der Waals surface area contributed by atoms with Crippen LogP contribution >= 0.6 is 0 Å². The number of rotatable bonds is 3. The van der Waals surface area contributed by atoms with Gasteiger partial charge in [-0.3, -0.25) is 9.63 Å². The van der Waals surface area contributed by atoms with Crippen molar-refractivity contribution in [3.05, 3.63) is 24.0 Å². The largest absolute Gasteiger partial charge is 0.341 e. The fourth-order valence-corrected chi connectivity index (χ4v) is 1.18. The lowest BCUT2D eigenvalue weighted by Crippen LogP contribution is -2.25. The molecule has 0 aromatic carbocycles. The molecule has 1 aromatic heterocycles. The quantitative estimate of drug-likeness (QED) is 0.717. The molecule has 1 N–H and O–H groups in total. The van der Waals surface area contributed by atoms with Crippen LogP contribution in [0.25, 0.3) is 0 Å². The normalized spacial score (nSPS) is 10.5. The van der Waals surface area contributed by atoms with Crippen LogP contribution in [0.15, 0.2) is 18.3 Å². The summed E-state index contributed by atoms with van der Waals surface area (Å²) in [5, 5.41) is 0. The number of hydrogen-bond donors (Lipinski definition) is 1. The Hall–Kier alpha value is -1.29. The zero-order valence-electron chi connectivity index (χ0n) is 8.07. The van der Waals surface area contributed by atoms with Crippen molar-refractivity contribution in [2.24, 2.45) is 0 Å². The van der Waals surface area contributed by atoms with E-state index in [9.17, 15) is 4.79 Å². The van der Waals surface area contributed by atoms with Crippen molar-refractivity contribution < 1.29 is 9.63 Å². The molecule has 4 nitrogen and oxygen atoms in total. The van der Waals surface area contributed by atoms with Gasteiger partial charge < -0.3 is 4.57 Å². The average molecular weight is 182 g/mol. The highest BCUT2D eigenvalue weighted by molar-refractivity contribution is 5.91. The van der Waals surface area contributed by atoms with E-state index in [1.807, 2.05) is 30.7 Å². The van der Waals surface area contributed by atoms with Crippen molar-refractivity contribution in [3.8, 4) is 0 Å². The summed E-state index contributed by atoms with van der Waals surface area (Å²) in [5.74, 6) is -0.221. The van der Waals surface area contributed by atoms with E-state index in [-0.39, 0.29) is 11.9 Å². The summed E-state index contributed by atoms with van der Waals surface area (Å²) in [6, 6.07) is 3.87. The van der Waals surface area contributed by atoms with Crippen LogP contribution in [0, 0.1) is 0 Å². The highest BCUT2D eigenvalue weighted by Gasteiger charge is 2.11. The van der Waals surface area contributed by atoms with E-state index in [1.165, 1.54) is 7.11 Å². The third kappa shape index (κ3) is 2.09. The third-order valence-corrected chi connectivity index (χ3v) is 1.76. The van der Waals surface area contributed by atoms with Gasteiger partial charge in [0.05, 0.1) is 7.11 Å². The van der Waals surface area contributed by atoms with Gasteiger partial charge in [0, 0.05) is 12.2 Å². The van der Waals surface area contributed by atoms with Gasteiger partial charge >= 0.3 is 0 Å². The van der Waals surface area contributed by atoms with Crippen LogP contribution in [0.5, 0.6) is 0 Å². The van der Waals surface area contributed by atoms with Crippen molar-refractivity contribution >= 4 is 5.91 Å². The predicted molar refractivity (Wildman–Crippen MR) is 49.3 cm³/mol. The molecule has 72 valence electrons. The molecule has 1 amide bonds. The first-order valence-corrected chi connectivity index (χ1v) is 4.17. The summed E-state index contributed by atoms with van der Waals surface area (Å²) in [5.41, 5.74) is 2.89. The maximum Gasteiger partial charge on any atom is 0.291 e. The van der Waals surface area contributed by atoms with Gasteiger partial charge in [-0.25, -0.2) is 5.48 Å². The zero-order chi connectivity index (χ0) is 9.84. The lowest BCUT2D eigenvalue weighted by molar-refractivity contribution is 0.0526. The summed E-state index contributed by atoms with van der Waals surface area (Å²) in [4.78, 5) is 15.9. The third-order valence-electron chi connectivity index (χ3n) is 1.76. The Morgan fingerprint density at radius 3 is 2.85 bits per heavy atom. The van der Waals surface area contributed by atoms with Gasteiger partial charge in [-0.2, -0.15) is 0 Å². The van der Waals surface area contributed by atoms with Crippen molar-refractivity contribution in [3.63, 3.8) is 0 Å². The Bertz CT molecular complexity index is 292. The maximum atomic E-state index is 11.4. The minimum absolute atomic E-state index is 0.221. The molecule has 0 spiro atoms. The van der Waals surface area contributed by atoms with E-state index in [2.05, 4.69) is 10.3 Å². The number of amides is 1. The second-order valence-corrected chi connectivity index (χ2v) is 3.03. The lowest BCUT2D eigenvalue weighted by Gasteiger charge is -2.11. The lowest BCUT2D eigenvalue weighted by atomic mass is 10.3. The number of nitrogens with zero attached hydrogens (tertiary/aromatic N) is 1. The standard InChI is InChI=1S/C9H14N2O2/c1-7(2)11-6-4-5-8(11)9(12)10-13-3/h4-7H,1-3H3,(H,10,12). The van der Waals surface area contributed by atoms with E-state index in [0.29, 0.717) is 5.69 Å². The minimum atomic E-state index is -0.221. The van der Waals surface area contributed by atoms with Crippen LogP contribution in [0.4, 0.5) is 0 Å². The smallest absolute Gasteiger partial charge is 0.291 e. The van der Waals surface area contributed by atoms with Crippen molar-refractivity contribution in [2.45, 2.75) is 19.9 Å². The van der Waals surface area contributed by atoms with Gasteiger partial charge in [-0.1, -0.05) is 0 Å². The second-order valence-electron chi connectivity index (χ2n) is 3.03. The fraction of sp³-hybridized carbons (Fsp3) is 0.444. The van der Waals surface area contributed by atoms with Crippen LogP contribution in [0.1, 0.15) is 30.4 Å². The molecule has 0 saturated carbocycles. The first-order valence-electron chi connectivity index (χ1n) is 4.17. The molecule has 0 aliphatic heterocycles. The molecule has 0 bridgehead atoms. The maximum absolute atomic E-state index is 11.4. The summed E-state index contributed by atoms with van der Waals surface area (Å²) in [6.07, 6.45) is 1.87. The molecular formula is C9H14N2O2. The van der Waals surface area contributed by atoms with E-state index < -0.39 is 0 Å². The first kappa shape index (κ1) is 9.80. The molecule has 4 heteroatoms. The van der Waals surface area contributed by atoms with Gasteiger partial charge in [0.1, 0.15) is 5.69 Å². The molecule has 13 heavy (non-hydrogen) atoms. The SMILES string of the molecule is CONC(=O)c1cccn1C(C)C. The van der Waals surface area contributed by atoms with Gasteiger partial charge in [0.25, 0.3) is 5.91 Å². The summed E-state index contributed by atoms with van der Waals surface area (Å²) < 4.78 is 1.88. The van der Waals surface area contributed by atoms with Gasteiger partial charge in [-0.05, 0) is 26.0 Å². The molecule has 1 aromatic rings. The van der Waals surface area contributed by atoms with Crippen LogP contribution in [-0.4, -0.2) is 17.6 Å². The van der Waals surface area contributed by atoms with Gasteiger partial charge in [-0.15, -0.1) is 0 Å². The summed E-state index contributed by atoms with van der Waals surface area (Å²) in [6.45, 7) is 4.03. The number of hydrogen-bond acceptors (Lipinski definition) is 2. The molecule has 0 unspecified atom stereocenters. The monoisotopic (exact) mass is 182 g/mol. The fourth-order valence-electron chi connectivity index (χ4n) is 1.18. The van der Waals surface area contributed by atoms with Crippen molar-refractivity contribution in [1.82, 2.24) is 10.0 Å². The number of hydroxylamine groups is 1.